The topological polar surface area (TPSA) is 79.8 Å². The molecule has 1 aliphatic carbocycles. The summed E-state index contributed by atoms with van der Waals surface area (Å²) in [5.41, 5.74) is 8.93. The molecule has 0 saturated carbocycles. The maximum Gasteiger partial charge on any atom is 0.261 e. The molecule has 1 fully saturated rings. The standard InChI is InChI=1S/C18H21N3O.C16H23F2N3/c1-4-8-22-17-7-6-14(9-13(17)5-2)15-10-16-18(19-11-15)21-12(3)20-16;1-11-12-8-15(2,3)5-4-13(12)20-14(19-11)9-21-7-6-16(17,18)10-21/h6-7,9-11H,4-5,8H2,1-3H3,(H,19,20,21);4-10H2,1-3H3. The van der Waals surface area contributed by atoms with Crippen molar-refractivity contribution in [2.24, 2.45) is 5.41 Å². The first-order valence-corrected chi connectivity index (χ1v) is 15.5. The summed E-state index contributed by atoms with van der Waals surface area (Å²) in [5.74, 6) is 0.0215. The number of alkyl halides is 2. The summed E-state index contributed by atoms with van der Waals surface area (Å²) in [4.78, 5) is 23.0. The molecule has 4 aromatic rings. The van der Waals surface area contributed by atoms with E-state index in [0.29, 0.717) is 24.3 Å². The van der Waals surface area contributed by atoms with Crippen molar-refractivity contribution in [3.8, 4) is 16.9 Å². The number of fused-ring (bicyclic) bond motifs is 2. The zero-order valence-electron chi connectivity index (χ0n) is 26.4. The number of aromatic nitrogens is 5. The molecule has 3 aromatic heterocycles. The highest BCUT2D eigenvalue weighted by Crippen LogP contribution is 2.35. The number of H-pyrrole nitrogens is 1. The third kappa shape index (κ3) is 7.55. The van der Waals surface area contributed by atoms with Gasteiger partial charge in [0, 0.05) is 36.1 Å². The fraction of sp³-hybridized carbons (Fsp3) is 0.529. The summed E-state index contributed by atoms with van der Waals surface area (Å²) < 4.78 is 32.3. The average Bonchev–Trinajstić information content (AvgIpc) is 3.51. The van der Waals surface area contributed by atoms with Gasteiger partial charge in [0.25, 0.3) is 5.92 Å². The van der Waals surface area contributed by atoms with E-state index in [9.17, 15) is 8.78 Å². The maximum atomic E-state index is 13.3. The molecule has 43 heavy (non-hydrogen) atoms. The molecule has 0 unspecified atom stereocenters. The van der Waals surface area contributed by atoms with Crippen molar-refractivity contribution in [2.75, 3.05) is 19.7 Å². The summed E-state index contributed by atoms with van der Waals surface area (Å²) in [6.45, 7) is 14.2. The zero-order valence-corrected chi connectivity index (χ0v) is 26.4. The van der Waals surface area contributed by atoms with E-state index >= 15 is 0 Å². The largest absolute Gasteiger partial charge is 0.493 e. The number of nitrogens with one attached hydrogen (secondary N) is 1. The lowest BCUT2D eigenvalue weighted by atomic mass is 9.75. The first-order chi connectivity index (χ1) is 20.4. The van der Waals surface area contributed by atoms with Gasteiger partial charge in [-0.2, -0.15) is 0 Å². The Morgan fingerprint density at radius 3 is 2.56 bits per heavy atom. The number of rotatable bonds is 7. The molecule has 1 N–H and O–H groups in total. The fourth-order valence-corrected chi connectivity index (χ4v) is 5.96. The highest BCUT2D eigenvalue weighted by Gasteiger charge is 2.38. The quantitative estimate of drug-likeness (QED) is 0.241. The van der Waals surface area contributed by atoms with E-state index in [1.807, 2.05) is 20.0 Å². The smallest absolute Gasteiger partial charge is 0.261 e. The van der Waals surface area contributed by atoms with Crippen LogP contribution in [0.15, 0.2) is 30.5 Å². The summed E-state index contributed by atoms with van der Waals surface area (Å²) in [5, 5.41) is 0. The molecule has 0 radical (unpaired) electrons. The second-order valence-electron chi connectivity index (χ2n) is 12.7. The molecular formula is C34H44F2N6O. The summed E-state index contributed by atoms with van der Waals surface area (Å²) in [7, 11) is 0. The van der Waals surface area contributed by atoms with E-state index in [1.54, 1.807) is 4.90 Å². The lowest BCUT2D eigenvalue weighted by molar-refractivity contribution is 0.0113. The summed E-state index contributed by atoms with van der Waals surface area (Å²) in [6, 6.07) is 8.45. The molecule has 4 heterocycles. The minimum atomic E-state index is -2.55. The van der Waals surface area contributed by atoms with Crippen LogP contribution >= 0.6 is 0 Å². The van der Waals surface area contributed by atoms with E-state index in [0.717, 1.165) is 84.0 Å². The Balaban J connectivity index is 0.000000171. The van der Waals surface area contributed by atoms with E-state index in [4.69, 9.17) is 4.74 Å². The minimum absolute atomic E-state index is 0.0505. The maximum absolute atomic E-state index is 13.3. The molecule has 0 atom stereocenters. The Morgan fingerprint density at radius 2 is 1.84 bits per heavy atom. The number of hydrogen-bond donors (Lipinski definition) is 1. The molecule has 0 bridgehead atoms. The van der Waals surface area contributed by atoms with Gasteiger partial charge in [-0.3, -0.25) is 4.90 Å². The van der Waals surface area contributed by atoms with Crippen LogP contribution in [0.1, 0.15) is 81.1 Å². The van der Waals surface area contributed by atoms with Crippen LogP contribution in [0.25, 0.3) is 22.3 Å². The molecule has 7 nitrogen and oxygen atoms in total. The Bertz CT molecular complexity index is 1580. The number of imidazole rings is 1. The molecule has 9 heteroatoms. The second-order valence-corrected chi connectivity index (χ2v) is 12.7. The van der Waals surface area contributed by atoms with Gasteiger partial charge >= 0.3 is 0 Å². The number of ether oxygens (including phenoxy) is 1. The van der Waals surface area contributed by atoms with Gasteiger partial charge in [0.15, 0.2) is 5.65 Å². The minimum Gasteiger partial charge on any atom is -0.493 e. The average molecular weight is 591 g/mol. The van der Waals surface area contributed by atoms with Crippen LogP contribution < -0.4 is 4.74 Å². The normalized spacial score (nSPS) is 17.4. The molecule has 6 rings (SSSR count). The molecule has 1 saturated heterocycles. The number of hydrogen-bond acceptors (Lipinski definition) is 6. The van der Waals surface area contributed by atoms with Gasteiger partial charge < -0.3 is 9.72 Å². The van der Waals surface area contributed by atoms with Gasteiger partial charge in [-0.05, 0) is 86.3 Å². The fourth-order valence-electron chi connectivity index (χ4n) is 5.96. The summed E-state index contributed by atoms with van der Waals surface area (Å²) >= 11 is 0. The van der Waals surface area contributed by atoms with Crippen LogP contribution in [0.4, 0.5) is 8.78 Å². The Morgan fingerprint density at radius 1 is 1.02 bits per heavy atom. The van der Waals surface area contributed by atoms with Crippen molar-refractivity contribution in [3.63, 3.8) is 0 Å². The van der Waals surface area contributed by atoms with Crippen LogP contribution in [0.3, 0.4) is 0 Å². The van der Waals surface area contributed by atoms with E-state index in [-0.39, 0.29) is 13.0 Å². The third-order valence-electron chi connectivity index (χ3n) is 8.35. The SMILES string of the molecule is CCCOc1ccc(-c2cnc3nc(C)[nH]c3c2)cc1CC.Cc1nc(CN2CCC(F)(F)C2)nc2c1CC(C)(C)CC2. The lowest BCUT2D eigenvalue weighted by Gasteiger charge is -2.31. The van der Waals surface area contributed by atoms with Crippen LogP contribution in [0.2, 0.25) is 0 Å². The van der Waals surface area contributed by atoms with Crippen LogP contribution in [-0.2, 0) is 25.8 Å². The predicted octanol–water partition coefficient (Wildman–Crippen LogP) is 7.43. The molecule has 0 amide bonds. The molecular weight excluding hydrogens is 546 g/mol. The number of pyridine rings is 1. The van der Waals surface area contributed by atoms with Gasteiger partial charge in [-0.1, -0.05) is 33.8 Å². The van der Waals surface area contributed by atoms with Gasteiger partial charge in [0.2, 0.25) is 0 Å². The van der Waals surface area contributed by atoms with E-state index < -0.39 is 5.92 Å². The van der Waals surface area contributed by atoms with Crippen LogP contribution in [0, 0.1) is 19.3 Å². The zero-order chi connectivity index (χ0) is 30.8. The number of nitrogens with zero attached hydrogens (tertiary/aromatic N) is 5. The Kier molecular flexibility index (Phi) is 9.11. The van der Waals surface area contributed by atoms with E-state index in [2.05, 4.69) is 76.9 Å². The van der Waals surface area contributed by atoms with Crippen LogP contribution in [0.5, 0.6) is 5.75 Å². The number of halogens is 2. The van der Waals surface area contributed by atoms with Crippen molar-refractivity contribution in [2.45, 2.75) is 92.5 Å². The van der Waals surface area contributed by atoms with Crippen molar-refractivity contribution < 1.29 is 13.5 Å². The number of aromatic amines is 1. The van der Waals surface area contributed by atoms with E-state index in [1.165, 1.54) is 11.1 Å². The van der Waals surface area contributed by atoms with Gasteiger partial charge in [0.05, 0.1) is 25.2 Å². The predicted molar refractivity (Wildman–Crippen MR) is 167 cm³/mol. The molecule has 0 spiro atoms. The van der Waals surface area contributed by atoms with Crippen molar-refractivity contribution in [3.05, 3.63) is 64.6 Å². The first-order valence-electron chi connectivity index (χ1n) is 15.5. The molecule has 1 aromatic carbocycles. The number of benzene rings is 1. The number of aryl methyl sites for hydroxylation is 4. The first kappa shape index (κ1) is 31.0. The van der Waals surface area contributed by atoms with Crippen LogP contribution in [-0.4, -0.2) is 55.4 Å². The van der Waals surface area contributed by atoms with Crippen molar-refractivity contribution in [1.82, 2.24) is 29.8 Å². The highest BCUT2D eigenvalue weighted by atomic mass is 19.3. The number of likely N-dealkylation sites (tertiary alicyclic amines) is 1. The monoisotopic (exact) mass is 590 g/mol. The molecule has 230 valence electrons. The van der Waals surface area contributed by atoms with Gasteiger partial charge in [-0.15, -0.1) is 0 Å². The third-order valence-corrected chi connectivity index (χ3v) is 8.35. The van der Waals surface area contributed by atoms with Gasteiger partial charge in [0.1, 0.15) is 17.4 Å². The second kappa shape index (κ2) is 12.6. The summed E-state index contributed by atoms with van der Waals surface area (Å²) in [6.07, 6.45) is 6.90. The van der Waals surface area contributed by atoms with Gasteiger partial charge in [-0.25, -0.2) is 28.7 Å². The molecule has 2 aliphatic rings. The Labute approximate surface area is 253 Å². The lowest BCUT2D eigenvalue weighted by Crippen LogP contribution is -2.28. The highest BCUT2D eigenvalue weighted by molar-refractivity contribution is 5.78. The van der Waals surface area contributed by atoms with Crippen molar-refractivity contribution in [1.29, 1.82) is 0 Å². The Hall–Kier alpha value is -3.46. The van der Waals surface area contributed by atoms with Crippen molar-refractivity contribution >= 4 is 11.2 Å². The molecule has 1 aliphatic heterocycles.